The summed E-state index contributed by atoms with van der Waals surface area (Å²) in [6.45, 7) is 7.31. The Morgan fingerprint density at radius 1 is 1.20 bits per heavy atom. The van der Waals surface area contributed by atoms with Crippen LogP contribution in [0.3, 0.4) is 0 Å². The van der Waals surface area contributed by atoms with Crippen molar-refractivity contribution in [3.8, 4) is 0 Å². The molecular weight excluding hydrogens is 330 g/mol. The Bertz CT molecular complexity index is 725. The average molecular weight is 360 g/mol. The molecule has 1 aliphatic heterocycles. The van der Waals surface area contributed by atoms with Crippen molar-refractivity contribution in [3.63, 3.8) is 0 Å². The lowest BCUT2D eigenvalue weighted by molar-refractivity contribution is 0.0172. The highest BCUT2D eigenvalue weighted by Gasteiger charge is 2.30. The molecule has 136 valence electrons. The number of nitrogens with zero attached hydrogens (tertiary/aromatic N) is 3. The summed E-state index contributed by atoms with van der Waals surface area (Å²) in [5, 5.41) is 4.59. The molecule has 2 aromatic rings. The van der Waals surface area contributed by atoms with Gasteiger partial charge in [0.25, 0.3) is 0 Å². The Labute approximate surface area is 154 Å². The second-order valence-corrected chi connectivity index (χ2v) is 8.77. The fraction of sp³-hybridized carbons (Fsp3) is 0.650. The molecule has 5 heteroatoms. The number of aromatic nitrogens is 2. The standard InChI is InChI=1S/C20H29N3OS/c1-14-18(15(2)22(3)21-14)13-23(16-7-8-16)12-17-9-10-20(25-17)19-6-4-5-11-24-19/h9-10,16,19H,4-8,11-13H2,1-3H3/t19-/m1/s1. The lowest BCUT2D eigenvalue weighted by atomic mass is 10.1. The van der Waals surface area contributed by atoms with Crippen LogP contribution in [0.4, 0.5) is 0 Å². The molecule has 1 saturated heterocycles. The topological polar surface area (TPSA) is 30.3 Å². The highest BCUT2D eigenvalue weighted by atomic mass is 32.1. The first-order valence-corrected chi connectivity index (χ1v) is 10.4. The van der Waals surface area contributed by atoms with Gasteiger partial charge in [-0.25, -0.2) is 0 Å². The van der Waals surface area contributed by atoms with Crippen molar-refractivity contribution in [2.75, 3.05) is 6.61 Å². The number of hydrogen-bond acceptors (Lipinski definition) is 4. The van der Waals surface area contributed by atoms with Gasteiger partial charge in [-0.2, -0.15) is 5.10 Å². The summed E-state index contributed by atoms with van der Waals surface area (Å²) < 4.78 is 7.97. The Morgan fingerprint density at radius 2 is 2.04 bits per heavy atom. The van der Waals surface area contributed by atoms with Gasteiger partial charge in [0.15, 0.2) is 0 Å². The SMILES string of the molecule is Cc1nn(C)c(C)c1CN(Cc1ccc([C@H]2CCCCO2)s1)C1CC1. The molecule has 1 aliphatic carbocycles. The molecular formula is C20H29N3OS. The summed E-state index contributed by atoms with van der Waals surface area (Å²) in [5.74, 6) is 0. The van der Waals surface area contributed by atoms with Gasteiger partial charge in [-0.1, -0.05) is 0 Å². The van der Waals surface area contributed by atoms with Crippen LogP contribution in [-0.2, 0) is 24.9 Å². The van der Waals surface area contributed by atoms with Crippen molar-refractivity contribution in [2.24, 2.45) is 7.05 Å². The Balaban J connectivity index is 1.46. The smallest absolute Gasteiger partial charge is 0.0916 e. The lowest BCUT2D eigenvalue weighted by Gasteiger charge is -2.22. The fourth-order valence-corrected chi connectivity index (χ4v) is 4.94. The van der Waals surface area contributed by atoms with Gasteiger partial charge < -0.3 is 4.74 Å². The third-order valence-electron chi connectivity index (χ3n) is 5.62. The average Bonchev–Trinajstić information content (AvgIpc) is 3.31. The van der Waals surface area contributed by atoms with Crippen LogP contribution in [-0.4, -0.2) is 27.3 Å². The van der Waals surface area contributed by atoms with Crippen LogP contribution in [0.25, 0.3) is 0 Å². The largest absolute Gasteiger partial charge is 0.373 e. The highest BCUT2D eigenvalue weighted by Crippen LogP contribution is 2.35. The Morgan fingerprint density at radius 3 is 2.68 bits per heavy atom. The van der Waals surface area contributed by atoms with E-state index in [1.807, 2.05) is 23.1 Å². The third kappa shape index (κ3) is 3.83. The summed E-state index contributed by atoms with van der Waals surface area (Å²) >= 11 is 1.95. The molecule has 4 nitrogen and oxygen atoms in total. The molecule has 1 atom stereocenters. The van der Waals surface area contributed by atoms with Crippen LogP contribution < -0.4 is 0 Å². The molecule has 0 N–H and O–H groups in total. The zero-order valence-electron chi connectivity index (χ0n) is 15.6. The molecule has 0 aromatic carbocycles. The van der Waals surface area contributed by atoms with E-state index < -0.39 is 0 Å². The van der Waals surface area contributed by atoms with Crippen LogP contribution in [0, 0.1) is 13.8 Å². The molecule has 2 aliphatic rings. The van der Waals surface area contributed by atoms with Crippen molar-refractivity contribution >= 4 is 11.3 Å². The van der Waals surface area contributed by atoms with Crippen LogP contribution >= 0.6 is 11.3 Å². The van der Waals surface area contributed by atoms with Gasteiger partial charge >= 0.3 is 0 Å². The first-order chi connectivity index (χ1) is 12.1. The van der Waals surface area contributed by atoms with Crippen molar-refractivity contribution in [1.29, 1.82) is 0 Å². The maximum absolute atomic E-state index is 5.96. The summed E-state index contributed by atoms with van der Waals surface area (Å²) in [5.41, 5.74) is 3.88. The van der Waals surface area contributed by atoms with Crippen molar-refractivity contribution in [2.45, 2.75) is 71.2 Å². The zero-order chi connectivity index (χ0) is 17.4. The molecule has 25 heavy (non-hydrogen) atoms. The molecule has 0 bridgehead atoms. The van der Waals surface area contributed by atoms with Crippen LogP contribution in [0.15, 0.2) is 12.1 Å². The van der Waals surface area contributed by atoms with Gasteiger partial charge in [-0.3, -0.25) is 9.58 Å². The minimum absolute atomic E-state index is 0.338. The van der Waals surface area contributed by atoms with Crippen molar-refractivity contribution < 1.29 is 4.74 Å². The number of thiophene rings is 1. The highest BCUT2D eigenvalue weighted by molar-refractivity contribution is 7.12. The summed E-state index contributed by atoms with van der Waals surface area (Å²) in [6.07, 6.45) is 6.70. The second kappa shape index (κ2) is 7.22. The molecule has 0 unspecified atom stereocenters. The quantitative estimate of drug-likeness (QED) is 0.760. The molecule has 0 radical (unpaired) electrons. The van der Waals surface area contributed by atoms with Gasteiger partial charge in [-0.05, 0) is 58.1 Å². The number of hydrogen-bond donors (Lipinski definition) is 0. The molecule has 0 spiro atoms. The summed E-state index contributed by atoms with van der Waals surface area (Å²) in [6, 6.07) is 5.35. The minimum atomic E-state index is 0.338. The van der Waals surface area contributed by atoms with E-state index in [4.69, 9.17) is 4.74 Å². The van der Waals surface area contributed by atoms with Gasteiger partial charge in [0.2, 0.25) is 0 Å². The van der Waals surface area contributed by atoms with E-state index in [-0.39, 0.29) is 0 Å². The Hall–Kier alpha value is -1.17. The third-order valence-corrected chi connectivity index (χ3v) is 6.78. The number of aryl methyl sites for hydroxylation is 2. The van der Waals surface area contributed by atoms with E-state index >= 15 is 0 Å². The van der Waals surface area contributed by atoms with E-state index in [1.165, 1.54) is 58.8 Å². The number of ether oxygens (including phenoxy) is 1. The molecule has 3 heterocycles. The maximum atomic E-state index is 5.96. The van der Waals surface area contributed by atoms with Gasteiger partial charge in [0.05, 0.1) is 11.8 Å². The number of rotatable bonds is 6. The van der Waals surface area contributed by atoms with Gasteiger partial charge in [0, 0.05) is 53.8 Å². The van der Waals surface area contributed by atoms with Crippen LogP contribution in [0.2, 0.25) is 0 Å². The summed E-state index contributed by atoms with van der Waals surface area (Å²) in [7, 11) is 2.04. The van der Waals surface area contributed by atoms with Crippen LogP contribution in [0.1, 0.15) is 64.9 Å². The predicted octanol–water partition coefficient (Wildman–Crippen LogP) is 4.50. The maximum Gasteiger partial charge on any atom is 0.0916 e. The minimum Gasteiger partial charge on any atom is -0.373 e. The van der Waals surface area contributed by atoms with E-state index in [1.54, 1.807) is 0 Å². The van der Waals surface area contributed by atoms with Crippen LogP contribution in [0.5, 0.6) is 0 Å². The normalized spacial score (nSPS) is 21.2. The van der Waals surface area contributed by atoms with Gasteiger partial charge in [-0.15, -0.1) is 11.3 Å². The fourth-order valence-electron chi connectivity index (χ4n) is 3.82. The first-order valence-electron chi connectivity index (χ1n) is 9.55. The van der Waals surface area contributed by atoms with E-state index in [0.717, 1.165) is 25.7 Å². The van der Waals surface area contributed by atoms with Crippen molar-refractivity contribution in [1.82, 2.24) is 14.7 Å². The Kier molecular flexibility index (Phi) is 4.98. The predicted molar refractivity (Wildman–Crippen MR) is 102 cm³/mol. The van der Waals surface area contributed by atoms with Crippen molar-refractivity contribution in [3.05, 3.63) is 38.8 Å². The van der Waals surface area contributed by atoms with E-state index in [0.29, 0.717) is 6.10 Å². The molecule has 4 rings (SSSR count). The molecule has 1 saturated carbocycles. The van der Waals surface area contributed by atoms with Gasteiger partial charge in [0.1, 0.15) is 0 Å². The molecule has 2 fully saturated rings. The monoisotopic (exact) mass is 359 g/mol. The molecule has 0 amide bonds. The first kappa shape index (κ1) is 17.3. The van der Waals surface area contributed by atoms with E-state index in [9.17, 15) is 0 Å². The lowest BCUT2D eigenvalue weighted by Crippen LogP contribution is -2.25. The molecule has 2 aromatic heterocycles. The second-order valence-electron chi connectivity index (χ2n) is 7.57. The summed E-state index contributed by atoms with van der Waals surface area (Å²) in [4.78, 5) is 5.53. The van der Waals surface area contributed by atoms with E-state index in [2.05, 4.69) is 36.0 Å². The zero-order valence-corrected chi connectivity index (χ0v) is 16.4.